The van der Waals surface area contributed by atoms with Crippen molar-refractivity contribution >= 4 is 0 Å². The molecule has 8 nitrogen and oxygen atoms in total. The summed E-state index contributed by atoms with van der Waals surface area (Å²) in [5, 5.41) is 28.3. The summed E-state index contributed by atoms with van der Waals surface area (Å²) in [5.41, 5.74) is 0.844. The largest absolute Gasteiger partial charge is 0.492 e. The fourth-order valence-electron chi connectivity index (χ4n) is 2.15. The Hall–Kier alpha value is -2.06. The van der Waals surface area contributed by atoms with Gasteiger partial charge in [0.05, 0.1) is 11.8 Å². The Morgan fingerprint density at radius 1 is 1.19 bits per heavy atom. The first kappa shape index (κ1) is 15.3. The monoisotopic (exact) mass is 294 g/mol. The minimum atomic E-state index is -0.783. The summed E-state index contributed by atoms with van der Waals surface area (Å²) in [4.78, 5) is 22.8. The SMILES string of the molecule is Cc1nc2c(O)nc(=O)nc-2n(CC[C@H](O)CCO)c1C. The van der Waals surface area contributed by atoms with Crippen molar-refractivity contribution in [2.24, 2.45) is 0 Å². The van der Waals surface area contributed by atoms with E-state index in [1.54, 1.807) is 11.5 Å². The fraction of sp³-hybridized carbons (Fsp3) is 0.538. The molecule has 1 atom stereocenters. The van der Waals surface area contributed by atoms with Crippen LogP contribution in [0.3, 0.4) is 0 Å². The lowest BCUT2D eigenvalue weighted by Gasteiger charge is -2.20. The van der Waals surface area contributed by atoms with Gasteiger partial charge in [-0.2, -0.15) is 9.97 Å². The van der Waals surface area contributed by atoms with Gasteiger partial charge in [-0.1, -0.05) is 0 Å². The summed E-state index contributed by atoms with van der Waals surface area (Å²) in [6, 6.07) is 0. The lowest BCUT2D eigenvalue weighted by molar-refractivity contribution is 0.120. The molecule has 0 saturated carbocycles. The van der Waals surface area contributed by atoms with Gasteiger partial charge in [-0.3, -0.25) is 0 Å². The van der Waals surface area contributed by atoms with E-state index in [0.717, 1.165) is 5.69 Å². The number of hydrogen-bond donors (Lipinski definition) is 3. The molecule has 21 heavy (non-hydrogen) atoms. The molecule has 8 heteroatoms. The fourth-order valence-corrected chi connectivity index (χ4v) is 2.15. The van der Waals surface area contributed by atoms with E-state index in [9.17, 15) is 15.0 Å². The maximum atomic E-state index is 11.4. The molecular formula is C13H18N4O4. The zero-order valence-corrected chi connectivity index (χ0v) is 11.9. The molecule has 0 spiro atoms. The van der Waals surface area contributed by atoms with Crippen LogP contribution in [-0.2, 0) is 6.54 Å². The van der Waals surface area contributed by atoms with Gasteiger partial charge in [0.15, 0.2) is 11.5 Å². The number of aliphatic hydroxyl groups excluding tert-OH is 2. The third-order valence-corrected chi connectivity index (χ3v) is 3.44. The van der Waals surface area contributed by atoms with Crippen LogP contribution in [0.1, 0.15) is 24.2 Å². The number of aliphatic hydroxyl groups is 2. The van der Waals surface area contributed by atoms with Crippen LogP contribution in [0.2, 0.25) is 0 Å². The van der Waals surface area contributed by atoms with E-state index >= 15 is 0 Å². The molecular weight excluding hydrogens is 276 g/mol. The normalized spacial score (nSPS) is 12.8. The predicted octanol–water partition coefficient (Wildman–Crippen LogP) is -0.406. The Morgan fingerprint density at radius 2 is 1.90 bits per heavy atom. The number of nitrogens with zero attached hydrogens (tertiary/aromatic N) is 4. The average molecular weight is 294 g/mol. The van der Waals surface area contributed by atoms with E-state index in [1.807, 2.05) is 6.92 Å². The van der Waals surface area contributed by atoms with E-state index in [2.05, 4.69) is 15.0 Å². The molecule has 0 saturated heterocycles. The van der Waals surface area contributed by atoms with Crippen molar-refractivity contribution in [1.82, 2.24) is 19.5 Å². The molecule has 0 bridgehead atoms. The molecule has 2 heterocycles. The second kappa shape index (κ2) is 6.15. The number of aryl methyl sites for hydroxylation is 1. The lowest BCUT2D eigenvalue weighted by Crippen LogP contribution is -2.22. The van der Waals surface area contributed by atoms with E-state index in [-0.39, 0.29) is 24.5 Å². The first-order chi connectivity index (χ1) is 9.93. The van der Waals surface area contributed by atoms with Crippen molar-refractivity contribution in [3.05, 3.63) is 21.9 Å². The Balaban J connectivity index is 2.46. The van der Waals surface area contributed by atoms with Gasteiger partial charge in [-0.25, -0.2) is 9.78 Å². The number of aromatic nitrogens is 4. The molecule has 0 fully saturated rings. The Labute approximate surface area is 121 Å². The van der Waals surface area contributed by atoms with Crippen LogP contribution in [0, 0.1) is 13.8 Å². The Kier molecular flexibility index (Phi) is 4.49. The Morgan fingerprint density at radius 3 is 2.57 bits per heavy atom. The van der Waals surface area contributed by atoms with E-state index in [0.29, 0.717) is 18.7 Å². The van der Waals surface area contributed by atoms with Crippen molar-refractivity contribution in [3.63, 3.8) is 0 Å². The summed E-state index contributed by atoms with van der Waals surface area (Å²) in [6.07, 6.45) is 0.0330. The number of fused-ring (bicyclic) bond motifs is 1. The van der Waals surface area contributed by atoms with Crippen molar-refractivity contribution in [1.29, 1.82) is 0 Å². The maximum Gasteiger partial charge on any atom is 0.372 e. The standard InChI is InChI=1S/C13H18N4O4/c1-7-8(2)17(5-3-9(19)4-6-18)11-10(14-7)12(20)16-13(21)15-11/h9,18-19H,3-6H2,1-2H3,(H,16,20,21)/t9-/m0/s1. The first-order valence-corrected chi connectivity index (χ1v) is 6.67. The number of hydrogen-bond acceptors (Lipinski definition) is 7. The molecule has 0 aromatic carbocycles. The van der Waals surface area contributed by atoms with Crippen LogP contribution in [-0.4, -0.2) is 47.5 Å². The number of aromatic hydroxyl groups is 1. The van der Waals surface area contributed by atoms with E-state index in [4.69, 9.17) is 5.11 Å². The van der Waals surface area contributed by atoms with Crippen LogP contribution in [0.25, 0.3) is 11.5 Å². The quantitative estimate of drug-likeness (QED) is 0.685. The average Bonchev–Trinajstić information content (AvgIpc) is 2.41. The smallest absolute Gasteiger partial charge is 0.372 e. The van der Waals surface area contributed by atoms with Crippen LogP contribution < -0.4 is 5.69 Å². The van der Waals surface area contributed by atoms with Gasteiger partial charge in [0, 0.05) is 18.8 Å². The molecule has 0 aromatic rings. The summed E-state index contributed by atoms with van der Waals surface area (Å²) in [5.74, 6) is -0.204. The predicted molar refractivity (Wildman–Crippen MR) is 74.2 cm³/mol. The minimum Gasteiger partial charge on any atom is -0.492 e. The van der Waals surface area contributed by atoms with Crippen molar-refractivity contribution in [2.45, 2.75) is 39.3 Å². The molecule has 0 amide bonds. The molecule has 2 rings (SSSR count). The van der Waals surface area contributed by atoms with Crippen LogP contribution in [0.4, 0.5) is 0 Å². The summed E-state index contributed by atoms with van der Waals surface area (Å²) in [7, 11) is 0. The molecule has 0 unspecified atom stereocenters. The first-order valence-electron chi connectivity index (χ1n) is 6.67. The van der Waals surface area contributed by atoms with Gasteiger partial charge < -0.3 is 19.9 Å². The van der Waals surface area contributed by atoms with Crippen LogP contribution in [0.5, 0.6) is 5.88 Å². The lowest BCUT2D eigenvalue weighted by atomic mass is 10.2. The van der Waals surface area contributed by atoms with Gasteiger partial charge in [-0.05, 0) is 26.7 Å². The topological polar surface area (TPSA) is 121 Å². The highest BCUT2D eigenvalue weighted by molar-refractivity contribution is 5.57. The highest BCUT2D eigenvalue weighted by Crippen LogP contribution is 2.26. The van der Waals surface area contributed by atoms with E-state index < -0.39 is 17.7 Å². The molecule has 3 N–H and O–H groups in total. The summed E-state index contributed by atoms with van der Waals surface area (Å²) in [6.45, 7) is 3.90. The van der Waals surface area contributed by atoms with Gasteiger partial charge in [0.2, 0.25) is 5.88 Å². The van der Waals surface area contributed by atoms with Gasteiger partial charge >= 0.3 is 5.69 Å². The zero-order valence-electron chi connectivity index (χ0n) is 11.9. The van der Waals surface area contributed by atoms with Crippen molar-refractivity contribution in [2.75, 3.05) is 6.61 Å². The molecule has 2 aliphatic rings. The van der Waals surface area contributed by atoms with Gasteiger partial charge in [0.1, 0.15) is 0 Å². The van der Waals surface area contributed by atoms with Crippen molar-refractivity contribution in [3.8, 4) is 17.4 Å². The van der Waals surface area contributed by atoms with E-state index in [1.165, 1.54) is 0 Å². The van der Waals surface area contributed by atoms with Crippen LogP contribution >= 0.6 is 0 Å². The summed E-state index contributed by atoms with van der Waals surface area (Å²) < 4.78 is 1.72. The van der Waals surface area contributed by atoms with Crippen molar-refractivity contribution < 1.29 is 15.3 Å². The Bertz CT molecular complexity index is 670. The highest BCUT2D eigenvalue weighted by atomic mass is 16.3. The molecule has 0 aliphatic carbocycles. The molecule has 0 aromatic heterocycles. The second-order valence-corrected chi connectivity index (χ2v) is 4.89. The third kappa shape index (κ3) is 3.17. The van der Waals surface area contributed by atoms with Gasteiger partial charge in [0.25, 0.3) is 0 Å². The van der Waals surface area contributed by atoms with Crippen LogP contribution in [0.15, 0.2) is 4.79 Å². The highest BCUT2D eigenvalue weighted by Gasteiger charge is 2.20. The third-order valence-electron chi connectivity index (χ3n) is 3.44. The summed E-state index contributed by atoms with van der Waals surface area (Å²) >= 11 is 0. The minimum absolute atomic E-state index is 0.0887. The zero-order chi connectivity index (χ0) is 15.6. The molecule has 114 valence electrons. The molecule has 0 radical (unpaired) electrons. The van der Waals surface area contributed by atoms with Gasteiger partial charge in [-0.15, -0.1) is 0 Å². The maximum absolute atomic E-state index is 11.4. The number of rotatable bonds is 5. The molecule has 2 aliphatic heterocycles. The second-order valence-electron chi connectivity index (χ2n) is 4.89.